The normalized spacial score (nSPS) is 14.9. The van der Waals surface area contributed by atoms with Crippen LogP contribution in [-0.4, -0.2) is 19.9 Å². The third kappa shape index (κ3) is 5.71. The van der Waals surface area contributed by atoms with E-state index >= 15 is 0 Å². The Morgan fingerprint density at radius 3 is 2.34 bits per heavy atom. The Kier molecular flexibility index (Phi) is 7.67. The average Bonchev–Trinajstić information content (AvgIpc) is 2.68. The van der Waals surface area contributed by atoms with Crippen LogP contribution in [0.1, 0.15) is 37.1 Å². The Morgan fingerprint density at radius 2 is 1.79 bits per heavy atom. The Balaban J connectivity index is 2.33. The van der Waals surface area contributed by atoms with Gasteiger partial charge in [-0.25, -0.2) is 0 Å². The highest BCUT2D eigenvalue weighted by Crippen LogP contribution is 2.63. The minimum Gasteiger partial charge on any atom is -0.307 e. The van der Waals surface area contributed by atoms with Gasteiger partial charge in [-0.15, -0.1) is 4.67 Å². The first-order valence-corrected chi connectivity index (χ1v) is 11.8. The number of hydrogen-bond donors (Lipinski definition) is 0. The number of non-ortho nitro benzene ring substituents is 1. The average molecular weight is 443 g/mol. The summed E-state index contributed by atoms with van der Waals surface area (Å²) in [5.74, 6) is 0. The molecule has 29 heavy (non-hydrogen) atoms. The van der Waals surface area contributed by atoms with Crippen LogP contribution in [0.5, 0.6) is 0 Å². The van der Waals surface area contributed by atoms with E-state index in [2.05, 4.69) is 4.33 Å². The first kappa shape index (κ1) is 23.2. The summed E-state index contributed by atoms with van der Waals surface area (Å²) in [6, 6.07) is 11.3. The van der Waals surface area contributed by atoms with Crippen molar-refractivity contribution in [3.8, 4) is 0 Å². The predicted molar refractivity (Wildman–Crippen MR) is 106 cm³/mol. The molecule has 0 aromatic heterocycles. The second kappa shape index (κ2) is 9.60. The number of nitro benzene ring substituents is 1. The van der Waals surface area contributed by atoms with Gasteiger partial charge in [0.1, 0.15) is 0 Å². The summed E-state index contributed by atoms with van der Waals surface area (Å²) in [4.78, 5) is 10.3. The highest BCUT2D eigenvalue weighted by atomic mass is 32.2. The van der Waals surface area contributed by atoms with Crippen molar-refractivity contribution in [2.24, 2.45) is 0 Å². The lowest BCUT2D eigenvalue weighted by Gasteiger charge is -2.24. The fraction of sp³-hybridized carbons (Fsp3) is 0.333. The molecular weight excluding hydrogens is 421 g/mol. The van der Waals surface area contributed by atoms with Crippen molar-refractivity contribution in [1.29, 1.82) is 0 Å². The molecule has 0 aliphatic rings. The summed E-state index contributed by atoms with van der Waals surface area (Å²) < 4.78 is 52.9. The molecule has 158 valence electrons. The molecule has 0 spiro atoms. The molecule has 2 unspecified atom stereocenters. The molecule has 0 aliphatic carbocycles. The highest BCUT2D eigenvalue weighted by Gasteiger charge is 2.39. The maximum atomic E-state index is 13.4. The minimum atomic E-state index is -4.36. The molecule has 0 aliphatic heterocycles. The van der Waals surface area contributed by atoms with E-state index in [0.717, 1.165) is 5.56 Å². The Morgan fingerprint density at radius 1 is 1.14 bits per heavy atom. The van der Waals surface area contributed by atoms with Gasteiger partial charge in [-0.05, 0) is 38.0 Å². The van der Waals surface area contributed by atoms with Crippen molar-refractivity contribution in [2.45, 2.75) is 37.7 Å². The van der Waals surface area contributed by atoms with Gasteiger partial charge >= 0.3 is 17.7 Å². The van der Waals surface area contributed by atoms with E-state index in [-0.39, 0.29) is 23.6 Å². The molecular formula is C18H22NO8PS. The lowest BCUT2D eigenvalue weighted by Crippen LogP contribution is -2.11. The van der Waals surface area contributed by atoms with E-state index in [1.807, 2.05) is 0 Å². The van der Waals surface area contributed by atoms with Crippen molar-refractivity contribution >= 4 is 23.4 Å². The second-order valence-corrected chi connectivity index (χ2v) is 9.77. The first-order chi connectivity index (χ1) is 13.6. The van der Waals surface area contributed by atoms with Crippen LogP contribution in [0.2, 0.25) is 0 Å². The minimum absolute atomic E-state index is 0.0450. The molecule has 0 saturated heterocycles. The van der Waals surface area contributed by atoms with Crippen molar-refractivity contribution in [1.82, 2.24) is 0 Å². The summed E-state index contributed by atoms with van der Waals surface area (Å²) in [5.41, 5.74) is 0.00385. The van der Waals surface area contributed by atoms with Gasteiger partial charge in [0.05, 0.1) is 22.1 Å². The van der Waals surface area contributed by atoms with Crippen LogP contribution in [-0.2, 0) is 28.2 Å². The van der Waals surface area contributed by atoms with Crippen LogP contribution < -0.4 is 0 Å². The molecule has 0 N–H and O–H groups in total. The molecule has 11 heteroatoms. The van der Waals surface area contributed by atoms with E-state index in [1.54, 1.807) is 32.9 Å². The van der Waals surface area contributed by atoms with Gasteiger partial charge in [0.25, 0.3) is 5.69 Å². The third-order valence-corrected chi connectivity index (χ3v) is 7.60. The smallest absolute Gasteiger partial charge is 0.307 e. The molecule has 0 radical (unpaired) electrons. The van der Waals surface area contributed by atoms with Crippen molar-refractivity contribution in [3.05, 3.63) is 69.8 Å². The van der Waals surface area contributed by atoms with Crippen molar-refractivity contribution in [2.75, 3.05) is 6.61 Å². The van der Waals surface area contributed by atoms with Gasteiger partial charge in [0.15, 0.2) is 0 Å². The first-order valence-electron chi connectivity index (χ1n) is 8.81. The molecule has 0 heterocycles. The Labute approximate surface area is 169 Å². The Bertz CT molecular complexity index is 1010. The maximum Gasteiger partial charge on any atom is 0.366 e. The zero-order valence-electron chi connectivity index (χ0n) is 16.2. The largest absolute Gasteiger partial charge is 0.366 e. The van der Waals surface area contributed by atoms with Crippen LogP contribution in [0.15, 0.2) is 53.4 Å². The number of nitrogens with zero attached hydrogens (tertiary/aromatic N) is 1. The summed E-state index contributed by atoms with van der Waals surface area (Å²) >= 11 is 0. The number of aryl methyl sites for hydroxylation is 1. The molecule has 0 bridgehead atoms. The van der Waals surface area contributed by atoms with E-state index in [0.29, 0.717) is 5.56 Å². The topological polar surface area (TPSA) is 122 Å². The number of rotatable bonds is 10. The number of hydrogen-bond acceptors (Lipinski definition) is 8. The molecule has 0 saturated carbocycles. The molecule has 2 rings (SSSR count). The van der Waals surface area contributed by atoms with Crippen molar-refractivity contribution < 1.29 is 31.4 Å². The summed E-state index contributed by atoms with van der Waals surface area (Å²) in [6.07, 6.45) is 0.201. The van der Waals surface area contributed by atoms with Crippen LogP contribution >= 0.6 is 7.60 Å². The maximum absolute atomic E-state index is 13.4. The number of nitro groups is 1. The molecule has 2 atom stereocenters. The fourth-order valence-electron chi connectivity index (χ4n) is 2.66. The van der Waals surface area contributed by atoms with E-state index in [9.17, 15) is 23.1 Å². The van der Waals surface area contributed by atoms with Gasteiger partial charge in [-0.1, -0.05) is 41.1 Å². The molecule has 9 nitrogen and oxygen atoms in total. The van der Waals surface area contributed by atoms with E-state index < -0.39 is 28.3 Å². The molecule has 2 aromatic carbocycles. The van der Waals surface area contributed by atoms with Crippen LogP contribution in [0.4, 0.5) is 5.69 Å². The second-order valence-electron chi connectivity index (χ2n) is 6.14. The molecule has 0 fully saturated rings. The summed E-state index contributed by atoms with van der Waals surface area (Å²) in [5, 5.41) is 11.0. The van der Waals surface area contributed by atoms with Crippen molar-refractivity contribution in [3.63, 3.8) is 0 Å². The monoisotopic (exact) mass is 443 g/mol. The van der Waals surface area contributed by atoms with Crippen LogP contribution in [0.25, 0.3) is 0 Å². The SMILES string of the molecule is CCOP(=O)(OOS(=O)(=O)c1ccc(C)cc1)C(CC)c1cccc([N+](=O)[O-])c1. The van der Waals surface area contributed by atoms with Gasteiger partial charge < -0.3 is 4.52 Å². The summed E-state index contributed by atoms with van der Waals surface area (Å²) in [7, 11) is -8.51. The lowest BCUT2D eigenvalue weighted by atomic mass is 10.1. The third-order valence-electron chi connectivity index (χ3n) is 4.08. The lowest BCUT2D eigenvalue weighted by molar-refractivity contribution is -0.384. The number of benzene rings is 2. The molecule has 0 amide bonds. The quantitative estimate of drug-likeness (QED) is 0.219. The zero-order chi connectivity index (χ0) is 21.7. The van der Waals surface area contributed by atoms with Gasteiger partial charge in [0, 0.05) is 12.1 Å². The van der Waals surface area contributed by atoms with Crippen LogP contribution in [0, 0.1) is 17.0 Å². The molecule has 2 aromatic rings. The Hall–Kier alpha value is -2.10. The van der Waals surface area contributed by atoms with Gasteiger partial charge in [0.2, 0.25) is 0 Å². The highest BCUT2D eigenvalue weighted by molar-refractivity contribution is 7.86. The van der Waals surface area contributed by atoms with E-state index in [4.69, 9.17) is 9.20 Å². The predicted octanol–water partition coefficient (Wildman–Crippen LogP) is 4.92. The van der Waals surface area contributed by atoms with Gasteiger partial charge in [-0.2, -0.15) is 8.42 Å². The zero-order valence-corrected chi connectivity index (χ0v) is 17.9. The summed E-state index contributed by atoms with van der Waals surface area (Å²) in [6.45, 7) is 4.98. The fourth-order valence-corrected chi connectivity index (χ4v) is 5.53. The van der Waals surface area contributed by atoms with E-state index in [1.165, 1.54) is 36.4 Å². The van der Waals surface area contributed by atoms with Crippen LogP contribution in [0.3, 0.4) is 0 Å². The standard InChI is InChI=1S/C18H22NO8PS/c1-4-18(15-7-6-8-16(13-15)19(20)21)28(22,25-5-2)26-27-29(23,24)17-11-9-14(3)10-12-17/h6-13,18H,4-5H2,1-3H3. The van der Waals surface area contributed by atoms with Gasteiger partial charge in [-0.3, -0.25) is 14.7 Å².